The molecule has 697 valence electrons. The maximum Gasteiger partial charge on any atom is 2.00 e. The van der Waals surface area contributed by atoms with E-state index in [1.54, 1.807) is 12.4 Å². The van der Waals surface area contributed by atoms with Gasteiger partial charge in [-0.2, -0.15) is 0 Å². The molecule has 10 aromatic carbocycles. The maximum absolute atomic E-state index is 10.0. The first kappa shape index (κ1) is 106. The van der Waals surface area contributed by atoms with E-state index in [0.717, 1.165) is 104 Å². The van der Waals surface area contributed by atoms with Crippen molar-refractivity contribution < 1.29 is 105 Å². The molecule has 1 N–H and O–H groups in total. The summed E-state index contributed by atoms with van der Waals surface area (Å²) in [4.78, 5) is 32.3. The molecule has 2 aliphatic heterocycles. The maximum atomic E-state index is 10.0. The molecular formula is C123H113Ir3N8O2Pt-3. The van der Waals surface area contributed by atoms with Gasteiger partial charge < -0.3 is 25.1 Å². The summed E-state index contributed by atoms with van der Waals surface area (Å²) in [6.45, 7) is 26.8. The topological polar surface area (TPSA) is 113 Å². The molecule has 0 amide bonds. The Morgan fingerprint density at radius 3 is 1.55 bits per heavy atom. The predicted molar refractivity (Wildman–Crippen MR) is 549 cm³/mol. The summed E-state index contributed by atoms with van der Waals surface area (Å²) in [6, 6.07) is 115. The average Bonchev–Trinajstić information content (AvgIpc) is 0.769. The number of hydrogen-bond acceptors (Lipinski definition) is 7. The molecule has 1 unspecified atom stereocenters. The molecule has 7 heterocycles. The van der Waals surface area contributed by atoms with Crippen LogP contribution in [-0.4, -0.2) is 59.6 Å². The van der Waals surface area contributed by atoms with Crippen LogP contribution in [0.4, 0.5) is 5.69 Å². The molecule has 10 nitrogen and oxygen atoms in total. The van der Waals surface area contributed by atoms with Crippen LogP contribution in [0.1, 0.15) is 117 Å². The van der Waals surface area contributed by atoms with Gasteiger partial charge >= 0.3 is 21.1 Å². The van der Waals surface area contributed by atoms with Crippen molar-refractivity contribution in [2.75, 3.05) is 0 Å². The van der Waals surface area contributed by atoms with E-state index in [4.69, 9.17) is 10.1 Å². The number of fused-ring (bicyclic) bond motifs is 2. The van der Waals surface area contributed by atoms with E-state index < -0.39 is 0 Å². The number of allylic oxidation sites excluding steroid dienone is 10. The van der Waals surface area contributed by atoms with Gasteiger partial charge in [0.2, 0.25) is 0 Å². The molecule has 14 heteroatoms. The second kappa shape index (κ2) is 54.2. The molecular weight excluding hydrogens is 2390 g/mol. The number of hydrogen-bond donors (Lipinski definition) is 1. The van der Waals surface area contributed by atoms with Crippen LogP contribution < -0.4 is 9.59 Å². The summed E-state index contributed by atoms with van der Waals surface area (Å²) in [6.07, 6.45) is 45.9. The van der Waals surface area contributed by atoms with Gasteiger partial charge in [-0.05, 0) is 200 Å². The van der Waals surface area contributed by atoms with E-state index in [-0.39, 0.29) is 92.9 Å². The van der Waals surface area contributed by atoms with Crippen molar-refractivity contribution in [1.82, 2.24) is 19.9 Å². The summed E-state index contributed by atoms with van der Waals surface area (Å²) < 4.78 is 6.22. The number of aliphatic hydroxyl groups excluding tert-OH is 1. The molecule has 137 heavy (non-hydrogen) atoms. The number of aliphatic imine (C=N–C) groups is 1. The number of benzene rings is 10. The number of aryl methyl sites for hydroxylation is 5. The van der Waals surface area contributed by atoms with E-state index >= 15 is 0 Å². The van der Waals surface area contributed by atoms with E-state index in [2.05, 4.69) is 301 Å². The minimum Gasteiger partial charge on any atom is -0.512 e. The predicted octanol–water partition coefficient (Wildman–Crippen LogP) is 27.5. The molecule has 3 atom stereocenters. The quantitative estimate of drug-likeness (QED) is 0.0284. The van der Waals surface area contributed by atoms with Gasteiger partial charge in [-0.15, -0.1) is 215 Å². The van der Waals surface area contributed by atoms with Crippen LogP contribution >= 0.6 is 0 Å². The Hall–Kier alpha value is -12.9. The van der Waals surface area contributed by atoms with Crippen molar-refractivity contribution >= 4 is 58.2 Å². The number of ketones is 1. The van der Waals surface area contributed by atoms with Gasteiger partial charge in [-0.3, -0.25) is 18.9 Å². The van der Waals surface area contributed by atoms with Crippen LogP contribution in [0.5, 0.6) is 0 Å². The number of aliphatic hydroxyl groups is 1. The Bertz CT molecular complexity index is 6770. The zero-order chi connectivity index (χ0) is 92.6. The standard InChI is InChI=1S/C51H57N3.C24H16N2.C17H14N.C15H10N.C11H8N.C5H8O2.3Ir.Pt/c1-37-13-7-10-16-46(37)49-28-25-40(34-52(49)4)19-22-43-31-44(23-20-41-26-29-50(53(5)35-41)47-17-11-8-14-38(47)2)33-45(32-43)24-21-42-27-30-51(54(6)36-42)48-18-12-9-15-39(48)3;1-2-10-20(11-3-1)22-13-4-5-15-24(22)26-18-19-9-8-12-21(17-19)23-14-6-7-16-25-23;1-12-6-5-8-14(10-12)17-13(2)16-9-4-3-7-15(16)11-18-17;1-2-6-12(7-3-1)15-10-13-8-4-5-9-14(13)11-16-15;1-2-6-10(7-3-1)11-8-4-5-9-12-11;1-4(6)3-5(2)7;;;;/h7-18,25-30,34-36,43-45H,4-6,19-24,31-33H2,1-3H3;1-10,12-16,18H;3-7,9-11H,1-2H3;1-6,8-11H;1-6,8-9H;3,6H,1-2H3;;;;/q;-2;3*-1;;;;;+2/t43?,44-,45+;;;;;;;;;. The molecule has 0 saturated heterocycles. The molecule has 1 fully saturated rings. The summed E-state index contributed by atoms with van der Waals surface area (Å²) in [5, 5.41) is 14.4. The van der Waals surface area contributed by atoms with E-state index in [9.17, 15) is 4.79 Å². The third-order valence-corrected chi connectivity index (χ3v) is 24.0. The second-order valence-electron chi connectivity index (χ2n) is 34.0. The van der Waals surface area contributed by atoms with Gasteiger partial charge in [-0.25, -0.2) is 4.24 Å². The minimum absolute atomic E-state index is 0. The van der Waals surface area contributed by atoms with Crippen molar-refractivity contribution in [2.45, 2.75) is 106 Å². The van der Waals surface area contributed by atoms with Gasteiger partial charge in [0.25, 0.3) is 0 Å². The van der Waals surface area contributed by atoms with E-state index in [0.29, 0.717) is 0 Å². The number of carbonyl (C=O) groups excluding carboxylic acids is 1. The molecule has 1 saturated carbocycles. The molecule has 15 aromatic rings. The fourth-order valence-corrected chi connectivity index (χ4v) is 17.3. The van der Waals surface area contributed by atoms with Crippen molar-refractivity contribution in [3.05, 3.63) is 505 Å². The molecule has 3 radical (unpaired) electrons. The summed E-state index contributed by atoms with van der Waals surface area (Å²) >= 11 is 0. The first-order valence-electron chi connectivity index (χ1n) is 45.6. The van der Waals surface area contributed by atoms with Gasteiger partial charge in [0.15, 0.2) is 12.0 Å². The zero-order valence-electron chi connectivity index (χ0n) is 78.4. The summed E-state index contributed by atoms with van der Waals surface area (Å²) in [7, 11) is 0. The number of pyridine rings is 5. The van der Waals surface area contributed by atoms with Crippen LogP contribution in [0.2, 0.25) is 0 Å². The third-order valence-electron chi connectivity index (χ3n) is 24.0. The molecule has 19 rings (SSSR count). The molecule has 5 aromatic heterocycles. The van der Waals surface area contributed by atoms with Crippen molar-refractivity contribution in [3.8, 4) is 56.2 Å². The largest absolute Gasteiger partial charge is 2.00 e. The fraction of sp³-hybridized carbons (Fsp3) is 0.154. The van der Waals surface area contributed by atoms with Crippen LogP contribution in [0.3, 0.4) is 0 Å². The van der Waals surface area contributed by atoms with Gasteiger partial charge in [0.05, 0.1) is 19.2 Å². The second-order valence-corrected chi connectivity index (χ2v) is 34.0. The minimum atomic E-state index is -0.125. The third kappa shape index (κ3) is 30.8. The Morgan fingerprint density at radius 1 is 0.489 bits per heavy atom. The zero-order valence-corrected chi connectivity index (χ0v) is 87.9. The van der Waals surface area contributed by atoms with Crippen molar-refractivity contribution in [3.63, 3.8) is 0 Å². The van der Waals surface area contributed by atoms with Crippen LogP contribution in [0, 0.1) is 100 Å². The van der Waals surface area contributed by atoms with Crippen molar-refractivity contribution in [1.29, 1.82) is 0 Å². The number of carbonyl (C=O) groups is 1. The molecule has 4 aliphatic rings. The van der Waals surface area contributed by atoms with Gasteiger partial charge in [0, 0.05) is 108 Å². The first-order valence-corrected chi connectivity index (χ1v) is 45.6. The van der Waals surface area contributed by atoms with Crippen LogP contribution in [0.25, 0.3) is 83.3 Å². The van der Waals surface area contributed by atoms with Crippen LogP contribution in [-0.2, 0) is 92.6 Å². The smallest absolute Gasteiger partial charge is 0.512 e. The monoisotopic (exact) mass is 2510 g/mol. The first-order chi connectivity index (χ1) is 64.9. The molecule has 0 spiro atoms. The number of para-hydroxylation sites is 1. The molecule has 2 aliphatic carbocycles. The number of aromatic nitrogens is 5. The van der Waals surface area contributed by atoms with Crippen molar-refractivity contribution in [2.24, 2.45) is 22.7 Å². The Labute approximate surface area is 865 Å². The summed E-state index contributed by atoms with van der Waals surface area (Å²) in [5.41, 5.74) is 24.8. The molecule has 0 bridgehead atoms. The average molecular weight is 2510 g/mol. The fourth-order valence-electron chi connectivity index (χ4n) is 17.3. The number of nitrogens with zero attached hydrogens (tertiary/aromatic N) is 8. The van der Waals surface area contributed by atoms with Gasteiger partial charge in [-0.1, -0.05) is 213 Å². The Balaban J connectivity index is 0.000000193. The SMILES string of the molecule is C=[N+]1C=C(CC[C@@H]2CC(CCc3ccc(=C4C=CC=C[C-]4C)[n+](=C)c3)C[C@H](CCC3=C[N+](=C)[C-](c4ccccc4C)C=C3)C2)C=C[C-]1c1ccccc1C.CC(=O)C=C(C)O.Cc1cc[c-]c(-c2ncc3ccccc3c2C)c1.[Ir].[Ir].[Ir].[Pt+2].[c-]1c(C=Nc2ccccc2-c2[c-]cccc2)cccc1-c1ccccn1.[c-]1ccccc1-c1cc2ccccc2cn1.[c-]1ccccc1-c1ccccn1. The van der Waals surface area contributed by atoms with E-state index in [1.807, 2.05) is 188 Å². The number of rotatable bonds is 19. The van der Waals surface area contributed by atoms with Crippen LogP contribution in [0.15, 0.2) is 405 Å². The Morgan fingerprint density at radius 2 is 1.01 bits per heavy atom. The van der Waals surface area contributed by atoms with Gasteiger partial charge in [0.1, 0.15) is 36.6 Å². The summed E-state index contributed by atoms with van der Waals surface area (Å²) in [5.74, 6) is 3.40. The normalized spacial score (nSPS) is 14.9. The Kier molecular flexibility index (Phi) is 42.0. The van der Waals surface area contributed by atoms with E-state index in [1.165, 1.54) is 159 Å².